The molecule has 0 bridgehead atoms. The van der Waals surface area contributed by atoms with E-state index in [0.29, 0.717) is 10.6 Å². The van der Waals surface area contributed by atoms with Crippen LogP contribution < -0.4 is 4.72 Å². The van der Waals surface area contributed by atoms with Crippen LogP contribution in [0.2, 0.25) is 5.02 Å². The van der Waals surface area contributed by atoms with Crippen LogP contribution in [-0.2, 0) is 21.4 Å². The van der Waals surface area contributed by atoms with Crippen LogP contribution in [0.15, 0.2) is 47.6 Å². The standard InChI is InChI=1S/C14H13ClN2O4S/c1-21-9-10-4-2-3-5-12(10)14(18)17-22(19,20)13-7-6-11(15)8-16-13/h2-8H,9H2,1H3,(H,17,18). The summed E-state index contributed by atoms with van der Waals surface area (Å²) in [5.41, 5.74) is 0.809. The second-order valence-electron chi connectivity index (χ2n) is 4.34. The lowest BCUT2D eigenvalue weighted by molar-refractivity contribution is 0.0976. The van der Waals surface area contributed by atoms with E-state index in [9.17, 15) is 13.2 Å². The number of sulfonamides is 1. The minimum Gasteiger partial charge on any atom is -0.380 e. The monoisotopic (exact) mass is 340 g/mol. The first-order valence-corrected chi connectivity index (χ1v) is 8.05. The number of nitrogens with one attached hydrogen (secondary N) is 1. The molecule has 0 radical (unpaired) electrons. The minimum absolute atomic E-state index is 0.197. The average Bonchev–Trinajstić information content (AvgIpc) is 2.48. The first-order valence-electron chi connectivity index (χ1n) is 6.19. The van der Waals surface area contributed by atoms with Crippen molar-refractivity contribution in [2.45, 2.75) is 11.6 Å². The Hall–Kier alpha value is -1.96. The predicted molar refractivity (Wildman–Crippen MR) is 81.1 cm³/mol. The largest absolute Gasteiger partial charge is 0.380 e. The van der Waals surface area contributed by atoms with Gasteiger partial charge in [0, 0.05) is 18.9 Å². The molecule has 8 heteroatoms. The molecule has 0 saturated heterocycles. The maximum Gasteiger partial charge on any atom is 0.281 e. The van der Waals surface area contributed by atoms with E-state index >= 15 is 0 Å². The molecule has 1 amide bonds. The van der Waals surface area contributed by atoms with Crippen LogP contribution in [0.25, 0.3) is 0 Å². The molecule has 1 heterocycles. The topological polar surface area (TPSA) is 85.4 Å². The third kappa shape index (κ3) is 3.82. The van der Waals surface area contributed by atoms with Crippen molar-refractivity contribution in [2.75, 3.05) is 7.11 Å². The van der Waals surface area contributed by atoms with Crippen molar-refractivity contribution < 1.29 is 17.9 Å². The molecule has 0 atom stereocenters. The number of ether oxygens (including phenoxy) is 1. The maximum absolute atomic E-state index is 12.2. The summed E-state index contributed by atoms with van der Waals surface area (Å²) in [6.07, 6.45) is 1.19. The molecule has 2 aromatic rings. The van der Waals surface area contributed by atoms with Gasteiger partial charge in [-0.3, -0.25) is 4.79 Å². The number of hydrogen-bond donors (Lipinski definition) is 1. The Bertz CT molecular complexity index is 776. The van der Waals surface area contributed by atoms with Gasteiger partial charge in [0.2, 0.25) is 0 Å². The van der Waals surface area contributed by atoms with Crippen molar-refractivity contribution in [2.24, 2.45) is 0 Å². The highest BCUT2D eigenvalue weighted by Gasteiger charge is 2.21. The van der Waals surface area contributed by atoms with Crippen molar-refractivity contribution in [3.8, 4) is 0 Å². The lowest BCUT2D eigenvalue weighted by Crippen LogP contribution is -2.31. The van der Waals surface area contributed by atoms with Gasteiger partial charge in [-0.1, -0.05) is 29.8 Å². The number of carbonyl (C=O) groups excluding carboxylic acids is 1. The molecule has 0 saturated carbocycles. The van der Waals surface area contributed by atoms with Gasteiger partial charge in [0.25, 0.3) is 15.9 Å². The number of hydrogen-bond acceptors (Lipinski definition) is 5. The van der Waals surface area contributed by atoms with Crippen molar-refractivity contribution in [1.29, 1.82) is 0 Å². The van der Waals surface area contributed by atoms with Crippen molar-refractivity contribution in [3.63, 3.8) is 0 Å². The van der Waals surface area contributed by atoms with Crippen molar-refractivity contribution in [1.82, 2.24) is 9.71 Å². The molecule has 116 valence electrons. The first kappa shape index (κ1) is 16.4. The molecule has 0 aliphatic carbocycles. The van der Waals surface area contributed by atoms with Gasteiger partial charge in [0.15, 0.2) is 5.03 Å². The predicted octanol–water partition coefficient (Wildman–Crippen LogP) is 2.00. The van der Waals surface area contributed by atoms with Gasteiger partial charge in [0.05, 0.1) is 11.6 Å². The second-order valence-corrected chi connectivity index (χ2v) is 6.41. The van der Waals surface area contributed by atoms with Gasteiger partial charge >= 0.3 is 0 Å². The number of benzene rings is 1. The molecule has 0 aliphatic heterocycles. The summed E-state index contributed by atoms with van der Waals surface area (Å²) in [5, 5.41) is 0.0187. The number of carbonyl (C=O) groups is 1. The number of rotatable bonds is 5. The van der Waals surface area contributed by atoms with Crippen LogP contribution in [0.4, 0.5) is 0 Å². The lowest BCUT2D eigenvalue weighted by atomic mass is 10.1. The van der Waals surface area contributed by atoms with E-state index in [1.54, 1.807) is 18.2 Å². The fourth-order valence-electron chi connectivity index (χ4n) is 1.77. The van der Waals surface area contributed by atoms with Crippen LogP contribution in [-0.4, -0.2) is 26.4 Å². The molecule has 1 aromatic carbocycles. The third-order valence-electron chi connectivity index (χ3n) is 2.76. The molecule has 1 N–H and O–H groups in total. The van der Waals surface area contributed by atoms with E-state index in [1.165, 1.54) is 31.5 Å². The molecule has 0 spiro atoms. The van der Waals surface area contributed by atoms with Gasteiger partial charge in [-0.05, 0) is 23.8 Å². The summed E-state index contributed by atoms with van der Waals surface area (Å²) in [5.74, 6) is -0.746. The zero-order valence-corrected chi connectivity index (χ0v) is 13.2. The smallest absolute Gasteiger partial charge is 0.281 e. The van der Waals surface area contributed by atoms with Gasteiger partial charge in [-0.25, -0.2) is 9.71 Å². The highest BCUT2D eigenvalue weighted by Crippen LogP contribution is 2.13. The number of methoxy groups -OCH3 is 1. The minimum atomic E-state index is -4.07. The summed E-state index contributed by atoms with van der Waals surface area (Å²) >= 11 is 5.66. The Morgan fingerprint density at radius 3 is 2.64 bits per heavy atom. The SMILES string of the molecule is COCc1ccccc1C(=O)NS(=O)(=O)c1ccc(Cl)cn1. The average molecular weight is 341 g/mol. The Morgan fingerprint density at radius 1 is 1.27 bits per heavy atom. The molecule has 0 fully saturated rings. The third-order valence-corrected chi connectivity index (χ3v) is 4.23. The zero-order valence-electron chi connectivity index (χ0n) is 11.6. The molecule has 2 rings (SSSR count). The normalized spacial score (nSPS) is 11.2. The lowest BCUT2D eigenvalue weighted by Gasteiger charge is -2.09. The van der Waals surface area contributed by atoms with E-state index in [4.69, 9.17) is 16.3 Å². The first-order chi connectivity index (χ1) is 10.4. The molecular weight excluding hydrogens is 328 g/mol. The second kappa shape index (κ2) is 6.87. The van der Waals surface area contributed by atoms with E-state index in [1.807, 2.05) is 4.72 Å². The summed E-state index contributed by atoms with van der Waals surface area (Å²) in [7, 11) is -2.58. The Labute approximate surface area is 133 Å². The van der Waals surface area contributed by atoms with Crippen LogP contribution in [0.3, 0.4) is 0 Å². The Balaban J connectivity index is 2.26. The molecule has 22 heavy (non-hydrogen) atoms. The molecule has 6 nitrogen and oxygen atoms in total. The maximum atomic E-state index is 12.2. The summed E-state index contributed by atoms with van der Waals surface area (Å²) in [6.45, 7) is 0.197. The fraction of sp³-hybridized carbons (Fsp3) is 0.143. The van der Waals surface area contributed by atoms with Gasteiger partial charge in [-0.15, -0.1) is 0 Å². The highest BCUT2D eigenvalue weighted by atomic mass is 35.5. The van der Waals surface area contributed by atoms with E-state index < -0.39 is 15.9 Å². The van der Waals surface area contributed by atoms with Crippen LogP contribution in [0, 0.1) is 0 Å². The Morgan fingerprint density at radius 2 is 2.00 bits per heavy atom. The van der Waals surface area contributed by atoms with Crippen molar-refractivity contribution in [3.05, 3.63) is 58.7 Å². The molecular formula is C14H13ClN2O4S. The summed E-state index contributed by atoms with van der Waals surface area (Å²) in [4.78, 5) is 15.9. The summed E-state index contributed by atoms with van der Waals surface area (Å²) < 4.78 is 31.2. The fourth-order valence-corrected chi connectivity index (χ4v) is 2.78. The van der Waals surface area contributed by atoms with Crippen LogP contribution in [0.5, 0.6) is 0 Å². The van der Waals surface area contributed by atoms with Gasteiger partial charge < -0.3 is 4.74 Å². The van der Waals surface area contributed by atoms with Gasteiger partial charge in [0.1, 0.15) is 0 Å². The number of aromatic nitrogens is 1. The molecule has 0 unspecified atom stereocenters. The van der Waals surface area contributed by atoms with Crippen molar-refractivity contribution >= 4 is 27.5 Å². The highest BCUT2D eigenvalue weighted by molar-refractivity contribution is 7.90. The van der Waals surface area contributed by atoms with Crippen LogP contribution >= 0.6 is 11.6 Å². The number of amides is 1. The van der Waals surface area contributed by atoms with Crippen LogP contribution in [0.1, 0.15) is 15.9 Å². The quantitative estimate of drug-likeness (QED) is 0.899. The van der Waals surface area contributed by atoms with E-state index in [2.05, 4.69) is 4.98 Å². The Kier molecular flexibility index (Phi) is 5.12. The number of pyridine rings is 1. The number of halogens is 1. The number of nitrogens with zero attached hydrogens (tertiary/aromatic N) is 1. The summed E-state index contributed by atoms with van der Waals surface area (Å²) in [6, 6.07) is 9.19. The molecule has 0 aliphatic rings. The van der Waals surface area contributed by atoms with E-state index in [0.717, 1.165) is 0 Å². The molecule has 1 aromatic heterocycles. The van der Waals surface area contributed by atoms with Gasteiger partial charge in [-0.2, -0.15) is 8.42 Å². The van der Waals surface area contributed by atoms with E-state index in [-0.39, 0.29) is 17.2 Å². The zero-order chi connectivity index (χ0) is 16.2.